The number of imidazole rings is 1. The maximum Gasteiger partial charge on any atom is 0.405 e. The van der Waals surface area contributed by atoms with Gasteiger partial charge in [0.15, 0.2) is 18.7 Å². The Morgan fingerprint density at radius 1 is 0.735 bits per heavy atom. The molecule has 2 aliphatic heterocycles. The van der Waals surface area contributed by atoms with E-state index in [1.165, 1.54) is 50.4 Å². The number of amides is 8. The number of aliphatic hydroxyl groups excluding tert-OH is 8. The van der Waals surface area contributed by atoms with E-state index in [1.807, 2.05) is 30.3 Å². The van der Waals surface area contributed by atoms with Crippen molar-refractivity contribution in [3.05, 3.63) is 92.7 Å². The van der Waals surface area contributed by atoms with Gasteiger partial charge in [-0.1, -0.05) is 37.3 Å². The van der Waals surface area contributed by atoms with Gasteiger partial charge in [-0.3, -0.25) is 33.6 Å². The van der Waals surface area contributed by atoms with E-state index in [2.05, 4.69) is 74.0 Å². The molecule has 20 atom stereocenters. The molecule has 0 unspecified atom stereocenters. The number of hydrogen-bond acceptors (Lipinski definition) is 32. The molecule has 7 rings (SSSR count). The molecule has 1 aromatic carbocycles. The average molecular weight is 1470 g/mol. The number of nitrogen functional groups attached to an aromatic ring is 1. The molecule has 102 heavy (non-hydrogen) atoms. The molecule has 8 amide bonds. The Morgan fingerprint density at radius 2 is 1.41 bits per heavy atom. The number of nitrogens with one attached hydrogen (secondary N) is 8. The number of H-pyrrole nitrogens is 1. The van der Waals surface area contributed by atoms with Gasteiger partial charge in [-0.05, 0) is 46.2 Å². The molecule has 0 aliphatic carbocycles. The summed E-state index contributed by atoms with van der Waals surface area (Å²) in [5.74, 6) is -8.77. The van der Waals surface area contributed by atoms with Crippen LogP contribution in [0, 0.1) is 12.8 Å². The van der Waals surface area contributed by atoms with Crippen LogP contribution in [0.2, 0.25) is 0 Å². The highest BCUT2D eigenvalue weighted by molar-refractivity contribution is 7.14. The van der Waals surface area contributed by atoms with Gasteiger partial charge in [0.05, 0.1) is 72.7 Å². The van der Waals surface area contributed by atoms with Crippen LogP contribution >= 0.6 is 22.7 Å². The van der Waals surface area contributed by atoms with Crippen molar-refractivity contribution in [1.82, 2.24) is 67.1 Å². The number of nitrogens with two attached hydrogens (primary N) is 5. The van der Waals surface area contributed by atoms with E-state index in [9.17, 15) is 74.4 Å². The molecular weight excluding hydrogens is 1380 g/mol. The number of anilines is 1. The number of benzene rings is 1. The van der Waals surface area contributed by atoms with E-state index < -0.39 is 183 Å². The van der Waals surface area contributed by atoms with E-state index in [4.69, 9.17) is 52.4 Å². The lowest BCUT2D eigenvalue weighted by Gasteiger charge is -2.47. The van der Waals surface area contributed by atoms with Gasteiger partial charge in [-0.15, -0.1) is 22.7 Å². The summed E-state index contributed by atoms with van der Waals surface area (Å²) in [6.45, 7) is 5.80. The molecule has 0 spiro atoms. The first-order chi connectivity index (χ1) is 48.4. The lowest BCUT2D eigenvalue weighted by molar-refractivity contribution is -0.372. The van der Waals surface area contributed by atoms with Gasteiger partial charge in [0.2, 0.25) is 29.5 Å². The van der Waals surface area contributed by atoms with Crippen molar-refractivity contribution in [2.45, 2.75) is 170 Å². The summed E-state index contributed by atoms with van der Waals surface area (Å²) in [7, 11) is 0. The Hall–Kier alpha value is -8.47. The number of thiazole rings is 2. The molecule has 5 aromatic rings. The first kappa shape index (κ1) is 80.8. The summed E-state index contributed by atoms with van der Waals surface area (Å²) in [6.07, 6.45) is -24.6. The average Bonchev–Trinajstić information content (AvgIpc) is 0.809. The number of rotatable bonds is 37. The molecule has 41 heteroatoms. The van der Waals surface area contributed by atoms with Crippen LogP contribution in [-0.2, 0) is 54.1 Å². The summed E-state index contributed by atoms with van der Waals surface area (Å²) in [6, 6.07) is 2.24. The molecule has 39 nitrogen and oxygen atoms in total. The minimum atomic E-state index is -2.21. The molecule has 0 saturated carbocycles. The Morgan fingerprint density at radius 3 is 2.04 bits per heavy atom. The van der Waals surface area contributed by atoms with E-state index >= 15 is 4.79 Å². The first-order valence-electron chi connectivity index (χ1n) is 32.2. The van der Waals surface area contributed by atoms with Crippen LogP contribution in [0.15, 0.2) is 53.6 Å². The monoisotopic (exact) mass is 1470 g/mol. The topological polar surface area (TPSA) is 639 Å². The summed E-state index contributed by atoms with van der Waals surface area (Å²) in [5, 5.41) is 111. The first-order valence-corrected chi connectivity index (χ1v) is 33.9. The number of aromatic amines is 1. The number of hydrogen-bond donors (Lipinski definition) is 21. The van der Waals surface area contributed by atoms with Crippen LogP contribution in [0.25, 0.3) is 10.7 Å². The number of primary amides is 3. The molecule has 0 bridgehead atoms. The third-order valence-corrected chi connectivity index (χ3v) is 18.4. The predicted molar refractivity (Wildman–Crippen MR) is 358 cm³/mol. The lowest BCUT2D eigenvalue weighted by atomic mass is 9.96. The Balaban J connectivity index is 1.08. The predicted octanol–water partition coefficient (Wildman–Crippen LogP) is -6.23. The van der Waals surface area contributed by atoms with Crippen LogP contribution in [0.5, 0.6) is 0 Å². The molecule has 4 aromatic heterocycles. The quantitative estimate of drug-likeness (QED) is 0.0165. The van der Waals surface area contributed by atoms with Gasteiger partial charge in [-0.25, -0.2) is 29.7 Å². The Labute approximate surface area is 590 Å². The smallest absolute Gasteiger partial charge is 0.405 e. The summed E-state index contributed by atoms with van der Waals surface area (Å²) < 4.78 is 29.0. The number of ether oxygens (including phenoxy) is 5. The van der Waals surface area contributed by atoms with E-state index in [-0.39, 0.29) is 60.1 Å². The van der Waals surface area contributed by atoms with Crippen LogP contribution in [-0.4, -0.2) is 255 Å². The summed E-state index contributed by atoms with van der Waals surface area (Å²) in [4.78, 5) is 131. The summed E-state index contributed by atoms with van der Waals surface area (Å²) >= 11 is 2.50. The maximum absolute atomic E-state index is 15.2. The van der Waals surface area contributed by atoms with Crippen molar-refractivity contribution in [2.75, 3.05) is 45.1 Å². The third kappa shape index (κ3) is 21.3. The number of carbonyl (C=O) groups is 8. The number of nitrogens with zero attached hydrogens (tertiary/aromatic N) is 5. The second kappa shape index (κ2) is 37.6. The second-order valence-electron chi connectivity index (χ2n) is 24.2. The molecule has 2 saturated heterocycles. The minimum absolute atomic E-state index is 0.0177. The van der Waals surface area contributed by atoms with Crippen molar-refractivity contribution >= 4 is 75.9 Å². The zero-order valence-corrected chi connectivity index (χ0v) is 57.6. The van der Waals surface area contributed by atoms with Crippen molar-refractivity contribution < 1.29 is 103 Å². The standard InChI is InChI=1S/C61H88N18O21S2/c1-24-39(76-52(79-50(24)64)31(16-37(63)83)71-17-30(62)51(65)89)56(93)78-41(47(32-18-67-23-72-32)98-59-48(45(87)43(85)35(19-80)96-59)99-60-49(100-61(66)95)46(88)44(86)36(20-81)97-60)57(94)73-27(4)42(84)25(2)53(90)77-40(28(5)82)55(92)70-15-12-38-74-34(22-101-38)58-75-33(21-102-58)54(91)69-14-9-13-68-26(3)29-10-7-6-8-11-29/h6-8,10-11,18,21-23,25-28,30-31,35-36,40-49,59-60,68,71,80-82,84-88H,9,12-17,19-20,62H2,1-5H3,(H2,63,83)(H2,65,89)(H2,66,95)(H,67,72)(H,69,91)(H,70,92)(H,73,94)(H,77,90)(H,78,93)(H2,64,76,79)/t25-,26-,27+,28+,30-,31-,35-,36+,40-,41-,42-,43+,44+,45-,46-,47-,48-,49-,59-,60+/m0/s1. The number of aliphatic hydroxyl groups is 8. The number of aromatic nitrogens is 6. The fourth-order valence-corrected chi connectivity index (χ4v) is 12.3. The zero-order valence-electron chi connectivity index (χ0n) is 55.9. The summed E-state index contributed by atoms with van der Waals surface area (Å²) in [5.41, 5.74) is 29.3. The Kier molecular flexibility index (Phi) is 29.8. The van der Waals surface area contributed by atoms with Crippen LogP contribution < -0.4 is 65.9 Å². The maximum atomic E-state index is 15.2. The molecule has 0 radical (unpaired) electrons. The molecule has 26 N–H and O–H groups in total. The van der Waals surface area contributed by atoms with Gasteiger partial charge >= 0.3 is 6.09 Å². The fourth-order valence-electron chi connectivity index (χ4n) is 10.7. The van der Waals surface area contributed by atoms with E-state index in [0.29, 0.717) is 35.2 Å². The molecule has 560 valence electrons. The molecule has 2 aliphatic rings. The largest absolute Gasteiger partial charge is 0.438 e. The lowest BCUT2D eigenvalue weighted by Crippen LogP contribution is -2.65. The van der Waals surface area contributed by atoms with Crippen molar-refractivity contribution in [2.24, 2.45) is 28.9 Å². The second-order valence-corrected chi connectivity index (χ2v) is 26.0. The minimum Gasteiger partial charge on any atom is -0.438 e. The Bertz CT molecular complexity index is 3620. The van der Waals surface area contributed by atoms with Crippen LogP contribution in [0.3, 0.4) is 0 Å². The van der Waals surface area contributed by atoms with Crippen molar-refractivity contribution in [1.29, 1.82) is 0 Å². The highest BCUT2D eigenvalue weighted by Crippen LogP contribution is 2.35. The van der Waals surface area contributed by atoms with Gasteiger partial charge in [0, 0.05) is 54.8 Å². The van der Waals surface area contributed by atoms with Gasteiger partial charge < -0.3 is 135 Å². The number of carbonyl (C=O) groups excluding carboxylic acids is 8. The molecular formula is C61H88N18O21S2. The van der Waals surface area contributed by atoms with Crippen LogP contribution in [0.4, 0.5) is 10.6 Å². The van der Waals surface area contributed by atoms with Crippen molar-refractivity contribution in [3.8, 4) is 10.7 Å². The molecule has 6 heterocycles. The van der Waals surface area contributed by atoms with Crippen LogP contribution in [0.1, 0.15) is 107 Å². The third-order valence-electron chi connectivity index (χ3n) is 16.7. The van der Waals surface area contributed by atoms with E-state index in [1.54, 1.807) is 10.8 Å². The zero-order chi connectivity index (χ0) is 74.8. The van der Waals surface area contributed by atoms with Gasteiger partial charge in [0.25, 0.3) is 11.8 Å². The van der Waals surface area contributed by atoms with Crippen molar-refractivity contribution in [3.63, 3.8) is 0 Å². The van der Waals surface area contributed by atoms with Gasteiger partial charge in [0.1, 0.15) is 94.6 Å². The van der Waals surface area contributed by atoms with E-state index in [0.717, 1.165) is 18.1 Å². The highest BCUT2D eigenvalue weighted by atomic mass is 32.1. The highest BCUT2D eigenvalue weighted by Gasteiger charge is 2.54. The van der Waals surface area contributed by atoms with Gasteiger partial charge in [-0.2, -0.15) is 0 Å². The fraction of sp³-hybridized carbons (Fsp3) is 0.557. The molecule has 2 fully saturated rings. The SMILES string of the molecule is Cc1c(N)nc([C@H](CC(N)=O)NC[C@H](N)C(N)=O)nc1C(=O)N[C@H](C(=O)N[C@H](C)[C@@H](O)[C@H](C)C(=O)N[C@H](C(=O)NCCc1nc(-c2nc(C(=O)NCCCN[C@@H](C)c3ccccc3)cs2)cs1)[C@@H](C)O)[C@@H](O[C@@H]1O[C@@H](CO)[C@@H](O)[C@H](O)[C@@H]1O[C@H]1O[C@H](CO)[C@@H](O)[C@H](O)[C@@H]1OC(N)=O)c1cnc[nH]1. The normalized spacial score (nSPS) is 23.5.